The Morgan fingerprint density at radius 1 is 1.10 bits per heavy atom. The number of hydrogen-bond acceptors (Lipinski definition) is 5. The van der Waals surface area contributed by atoms with Crippen LogP contribution >= 0.6 is 11.3 Å². The van der Waals surface area contributed by atoms with Gasteiger partial charge in [-0.25, -0.2) is 15.0 Å². The van der Waals surface area contributed by atoms with Gasteiger partial charge in [0.2, 0.25) is 0 Å². The summed E-state index contributed by atoms with van der Waals surface area (Å²) in [7, 11) is 0. The summed E-state index contributed by atoms with van der Waals surface area (Å²) in [5, 5.41) is 6.52. The smallest absolute Gasteiger partial charge is 0.115 e. The van der Waals surface area contributed by atoms with Gasteiger partial charge in [-0.05, 0) is 19.1 Å². The molecule has 20 heavy (non-hydrogen) atoms. The maximum atomic E-state index is 4.49. The van der Waals surface area contributed by atoms with Crippen molar-refractivity contribution in [1.29, 1.82) is 0 Å². The number of thiazole rings is 1. The number of nitrogens with zero attached hydrogens (tertiary/aromatic N) is 3. The lowest BCUT2D eigenvalue weighted by Gasteiger charge is -2.06. The van der Waals surface area contributed by atoms with Crippen molar-refractivity contribution in [1.82, 2.24) is 15.0 Å². The predicted molar refractivity (Wildman–Crippen MR) is 81.6 cm³/mol. The lowest BCUT2D eigenvalue weighted by Crippen LogP contribution is -2.00. The molecule has 2 heterocycles. The fourth-order valence-electron chi connectivity index (χ4n) is 1.88. The molecule has 0 saturated heterocycles. The SMILES string of the molecule is Cc1nc(-c2ccc(NCc3cncnc3)cc2)cs1. The molecule has 4 nitrogen and oxygen atoms in total. The highest BCUT2D eigenvalue weighted by atomic mass is 32.1. The molecule has 5 heteroatoms. The van der Waals surface area contributed by atoms with E-state index in [0.717, 1.165) is 34.1 Å². The van der Waals surface area contributed by atoms with Gasteiger partial charge in [-0.15, -0.1) is 11.3 Å². The van der Waals surface area contributed by atoms with Gasteiger partial charge in [-0.3, -0.25) is 0 Å². The van der Waals surface area contributed by atoms with Crippen molar-refractivity contribution in [3.05, 3.63) is 58.9 Å². The quantitative estimate of drug-likeness (QED) is 0.795. The number of aryl methyl sites for hydroxylation is 1. The molecule has 0 aliphatic rings. The van der Waals surface area contributed by atoms with Crippen molar-refractivity contribution in [3.63, 3.8) is 0 Å². The molecular formula is C15H14N4S. The molecule has 0 radical (unpaired) electrons. The average molecular weight is 282 g/mol. The molecule has 1 aromatic carbocycles. The summed E-state index contributed by atoms with van der Waals surface area (Å²) in [6.45, 7) is 2.74. The second-order valence-corrected chi connectivity index (χ2v) is 5.49. The third-order valence-corrected chi connectivity index (χ3v) is 3.68. The molecule has 2 aromatic heterocycles. The maximum Gasteiger partial charge on any atom is 0.115 e. The summed E-state index contributed by atoms with van der Waals surface area (Å²) in [6, 6.07) is 8.29. The van der Waals surface area contributed by atoms with Crippen LogP contribution in [0.5, 0.6) is 0 Å². The van der Waals surface area contributed by atoms with Gasteiger partial charge < -0.3 is 5.32 Å². The minimum atomic E-state index is 0.718. The Bertz CT molecular complexity index is 677. The van der Waals surface area contributed by atoms with Crippen LogP contribution in [-0.4, -0.2) is 15.0 Å². The van der Waals surface area contributed by atoms with Crippen LogP contribution < -0.4 is 5.32 Å². The number of rotatable bonds is 4. The number of hydrogen-bond donors (Lipinski definition) is 1. The van der Waals surface area contributed by atoms with E-state index in [4.69, 9.17) is 0 Å². The average Bonchev–Trinajstić information content (AvgIpc) is 2.93. The van der Waals surface area contributed by atoms with E-state index >= 15 is 0 Å². The fourth-order valence-corrected chi connectivity index (χ4v) is 2.50. The minimum Gasteiger partial charge on any atom is -0.381 e. The van der Waals surface area contributed by atoms with Gasteiger partial charge in [0.15, 0.2) is 0 Å². The van der Waals surface area contributed by atoms with E-state index in [0.29, 0.717) is 0 Å². The van der Waals surface area contributed by atoms with E-state index in [9.17, 15) is 0 Å². The van der Waals surface area contributed by atoms with Gasteiger partial charge in [0.1, 0.15) is 6.33 Å². The molecule has 0 amide bonds. The highest BCUT2D eigenvalue weighted by molar-refractivity contribution is 7.09. The molecular weight excluding hydrogens is 268 g/mol. The van der Waals surface area contributed by atoms with Gasteiger partial charge in [0.05, 0.1) is 10.7 Å². The number of aromatic nitrogens is 3. The molecule has 0 atom stereocenters. The molecule has 100 valence electrons. The van der Waals surface area contributed by atoms with Gasteiger partial charge in [-0.1, -0.05) is 12.1 Å². The van der Waals surface area contributed by atoms with Crippen LogP contribution in [0.15, 0.2) is 48.4 Å². The zero-order chi connectivity index (χ0) is 13.8. The van der Waals surface area contributed by atoms with E-state index < -0.39 is 0 Å². The first-order valence-corrected chi connectivity index (χ1v) is 7.19. The topological polar surface area (TPSA) is 50.7 Å². The normalized spacial score (nSPS) is 10.4. The first kappa shape index (κ1) is 12.7. The summed E-state index contributed by atoms with van der Waals surface area (Å²) in [5.74, 6) is 0. The van der Waals surface area contributed by atoms with E-state index in [1.807, 2.05) is 19.3 Å². The Morgan fingerprint density at radius 3 is 2.50 bits per heavy atom. The van der Waals surface area contributed by atoms with Gasteiger partial charge in [0.25, 0.3) is 0 Å². The Kier molecular flexibility index (Phi) is 3.69. The molecule has 0 aliphatic heterocycles. The third kappa shape index (κ3) is 3.00. The van der Waals surface area contributed by atoms with Crippen molar-refractivity contribution < 1.29 is 0 Å². The van der Waals surface area contributed by atoms with Crippen LogP contribution in [0, 0.1) is 6.92 Å². The van der Waals surface area contributed by atoms with Crippen molar-refractivity contribution in [2.45, 2.75) is 13.5 Å². The monoisotopic (exact) mass is 282 g/mol. The molecule has 0 unspecified atom stereocenters. The first-order valence-electron chi connectivity index (χ1n) is 6.31. The minimum absolute atomic E-state index is 0.718. The van der Waals surface area contributed by atoms with Crippen molar-refractivity contribution >= 4 is 17.0 Å². The van der Waals surface area contributed by atoms with Crippen LogP contribution in [-0.2, 0) is 6.54 Å². The van der Waals surface area contributed by atoms with E-state index in [1.165, 1.54) is 6.33 Å². The van der Waals surface area contributed by atoms with Crippen LogP contribution in [0.1, 0.15) is 10.6 Å². The number of nitrogens with one attached hydrogen (secondary N) is 1. The Morgan fingerprint density at radius 2 is 1.85 bits per heavy atom. The number of anilines is 1. The maximum absolute atomic E-state index is 4.49. The second kappa shape index (κ2) is 5.79. The zero-order valence-electron chi connectivity index (χ0n) is 11.1. The molecule has 0 saturated carbocycles. The standard InChI is InChI=1S/C15H14N4S/c1-11-19-15(9-20-11)13-2-4-14(5-3-13)18-8-12-6-16-10-17-7-12/h2-7,9-10,18H,8H2,1H3. The molecule has 0 bridgehead atoms. The van der Waals surface area contributed by atoms with Crippen molar-refractivity contribution in [2.24, 2.45) is 0 Å². The molecule has 0 aliphatic carbocycles. The van der Waals surface area contributed by atoms with Gasteiger partial charge >= 0.3 is 0 Å². The lowest BCUT2D eigenvalue weighted by atomic mass is 10.1. The highest BCUT2D eigenvalue weighted by Gasteiger charge is 2.02. The molecule has 3 aromatic rings. The van der Waals surface area contributed by atoms with E-state index in [2.05, 4.69) is 49.9 Å². The van der Waals surface area contributed by atoms with Crippen molar-refractivity contribution in [3.8, 4) is 11.3 Å². The summed E-state index contributed by atoms with van der Waals surface area (Å²) >= 11 is 1.67. The first-order chi connectivity index (χ1) is 9.81. The summed E-state index contributed by atoms with van der Waals surface area (Å²) in [5.41, 5.74) is 4.31. The Labute approximate surface area is 121 Å². The lowest BCUT2D eigenvalue weighted by molar-refractivity contribution is 1.05. The van der Waals surface area contributed by atoms with Crippen molar-refractivity contribution in [2.75, 3.05) is 5.32 Å². The molecule has 0 fully saturated rings. The van der Waals surface area contributed by atoms with E-state index in [-0.39, 0.29) is 0 Å². The van der Waals surface area contributed by atoms with Gasteiger partial charge in [0, 0.05) is 41.1 Å². The Hall–Kier alpha value is -2.27. The summed E-state index contributed by atoms with van der Waals surface area (Å²) < 4.78 is 0. The van der Waals surface area contributed by atoms with Crippen LogP contribution in [0.4, 0.5) is 5.69 Å². The van der Waals surface area contributed by atoms with E-state index in [1.54, 1.807) is 11.3 Å². The second-order valence-electron chi connectivity index (χ2n) is 4.43. The molecule has 1 N–H and O–H groups in total. The fraction of sp³-hybridized carbons (Fsp3) is 0.133. The predicted octanol–water partition coefficient (Wildman–Crippen LogP) is 3.52. The molecule has 0 spiro atoms. The largest absolute Gasteiger partial charge is 0.381 e. The third-order valence-electron chi connectivity index (χ3n) is 2.91. The zero-order valence-corrected chi connectivity index (χ0v) is 11.9. The van der Waals surface area contributed by atoms with Crippen LogP contribution in [0.25, 0.3) is 11.3 Å². The Balaban J connectivity index is 1.67. The van der Waals surface area contributed by atoms with Gasteiger partial charge in [-0.2, -0.15) is 0 Å². The number of benzene rings is 1. The molecule has 3 rings (SSSR count). The van der Waals surface area contributed by atoms with Crippen LogP contribution in [0.3, 0.4) is 0 Å². The van der Waals surface area contributed by atoms with Crippen LogP contribution in [0.2, 0.25) is 0 Å². The summed E-state index contributed by atoms with van der Waals surface area (Å²) in [4.78, 5) is 12.5. The highest BCUT2D eigenvalue weighted by Crippen LogP contribution is 2.23. The summed E-state index contributed by atoms with van der Waals surface area (Å²) in [6.07, 6.45) is 5.16.